The summed E-state index contributed by atoms with van der Waals surface area (Å²) in [5.74, 6) is -1.15. The molecule has 3 heteroatoms. The Hall–Kier alpha value is -0.960. The van der Waals surface area contributed by atoms with E-state index in [2.05, 4.69) is 0 Å². The van der Waals surface area contributed by atoms with Gasteiger partial charge in [-0.2, -0.15) is 0 Å². The SMILES string of the molecule is CC(C)(C)C(N)c1ccc(F)cc1F. The predicted octanol–water partition coefficient (Wildman–Crippen LogP) is 3.01. The summed E-state index contributed by atoms with van der Waals surface area (Å²) in [5, 5.41) is 0. The Morgan fingerprint density at radius 3 is 2.21 bits per heavy atom. The summed E-state index contributed by atoms with van der Waals surface area (Å²) in [6.45, 7) is 5.75. The van der Waals surface area contributed by atoms with E-state index < -0.39 is 17.7 Å². The van der Waals surface area contributed by atoms with E-state index in [1.54, 1.807) is 0 Å². The van der Waals surface area contributed by atoms with Gasteiger partial charge >= 0.3 is 0 Å². The number of nitrogens with two attached hydrogens (primary N) is 1. The van der Waals surface area contributed by atoms with Gasteiger partial charge in [-0.1, -0.05) is 26.8 Å². The summed E-state index contributed by atoms with van der Waals surface area (Å²) < 4.78 is 25.9. The molecule has 14 heavy (non-hydrogen) atoms. The Morgan fingerprint density at radius 2 is 1.79 bits per heavy atom. The van der Waals surface area contributed by atoms with Crippen LogP contribution >= 0.6 is 0 Å². The van der Waals surface area contributed by atoms with Gasteiger partial charge in [0, 0.05) is 17.7 Å². The lowest BCUT2D eigenvalue weighted by Crippen LogP contribution is -2.27. The fourth-order valence-electron chi connectivity index (χ4n) is 1.22. The van der Waals surface area contributed by atoms with Crippen LogP contribution in [-0.2, 0) is 0 Å². The van der Waals surface area contributed by atoms with E-state index in [4.69, 9.17) is 5.73 Å². The number of hydrogen-bond donors (Lipinski definition) is 1. The zero-order chi connectivity index (χ0) is 10.9. The molecule has 1 aromatic rings. The van der Waals surface area contributed by atoms with Crippen molar-refractivity contribution < 1.29 is 8.78 Å². The molecule has 78 valence electrons. The Bertz CT molecular complexity index is 329. The van der Waals surface area contributed by atoms with Gasteiger partial charge in [0.1, 0.15) is 11.6 Å². The van der Waals surface area contributed by atoms with E-state index in [-0.39, 0.29) is 5.41 Å². The summed E-state index contributed by atoms with van der Waals surface area (Å²) in [6.07, 6.45) is 0. The van der Waals surface area contributed by atoms with Crippen molar-refractivity contribution in [2.75, 3.05) is 0 Å². The van der Waals surface area contributed by atoms with E-state index >= 15 is 0 Å². The monoisotopic (exact) mass is 199 g/mol. The first-order chi connectivity index (χ1) is 6.32. The van der Waals surface area contributed by atoms with Gasteiger partial charge in [-0.15, -0.1) is 0 Å². The highest BCUT2D eigenvalue weighted by Crippen LogP contribution is 2.31. The molecule has 1 nitrogen and oxygen atoms in total. The van der Waals surface area contributed by atoms with Crippen LogP contribution in [0.2, 0.25) is 0 Å². The fraction of sp³-hybridized carbons (Fsp3) is 0.455. The third-order valence-corrected chi connectivity index (χ3v) is 2.23. The molecule has 0 radical (unpaired) electrons. The Kier molecular flexibility index (Phi) is 2.90. The van der Waals surface area contributed by atoms with Crippen molar-refractivity contribution in [1.82, 2.24) is 0 Å². The van der Waals surface area contributed by atoms with Crippen LogP contribution in [0.4, 0.5) is 8.78 Å². The highest BCUT2D eigenvalue weighted by atomic mass is 19.1. The minimum atomic E-state index is -0.577. The molecule has 0 bridgehead atoms. The molecular formula is C11H15F2N. The molecular weight excluding hydrogens is 184 g/mol. The lowest BCUT2D eigenvalue weighted by atomic mass is 9.83. The molecule has 0 aromatic heterocycles. The molecule has 0 heterocycles. The van der Waals surface area contributed by atoms with Crippen LogP contribution in [0, 0.1) is 17.0 Å². The molecule has 0 aliphatic carbocycles. The average molecular weight is 199 g/mol. The van der Waals surface area contributed by atoms with Crippen molar-refractivity contribution in [3.63, 3.8) is 0 Å². The van der Waals surface area contributed by atoms with Crippen LogP contribution in [0.3, 0.4) is 0 Å². The van der Waals surface area contributed by atoms with Crippen LogP contribution in [0.5, 0.6) is 0 Å². The Labute approximate surface area is 82.9 Å². The maximum atomic E-state index is 13.3. The Balaban J connectivity index is 3.08. The minimum Gasteiger partial charge on any atom is -0.323 e. The summed E-state index contributed by atoms with van der Waals surface area (Å²) in [4.78, 5) is 0. The standard InChI is InChI=1S/C11H15F2N/c1-11(2,3)10(14)8-5-4-7(12)6-9(8)13/h4-6,10H,14H2,1-3H3. The number of halogens is 2. The van der Waals surface area contributed by atoms with E-state index in [9.17, 15) is 8.78 Å². The van der Waals surface area contributed by atoms with E-state index in [0.717, 1.165) is 6.07 Å². The third kappa shape index (κ3) is 2.29. The molecule has 0 aliphatic heterocycles. The van der Waals surface area contributed by atoms with Crippen molar-refractivity contribution in [1.29, 1.82) is 0 Å². The third-order valence-electron chi connectivity index (χ3n) is 2.23. The van der Waals surface area contributed by atoms with E-state index in [1.807, 2.05) is 20.8 Å². The summed E-state index contributed by atoms with van der Waals surface area (Å²) >= 11 is 0. The molecule has 0 amide bonds. The lowest BCUT2D eigenvalue weighted by Gasteiger charge is -2.27. The molecule has 1 aromatic carbocycles. The first kappa shape index (κ1) is 11.1. The van der Waals surface area contributed by atoms with Gasteiger partial charge in [0.15, 0.2) is 0 Å². The number of hydrogen-bond acceptors (Lipinski definition) is 1. The summed E-state index contributed by atoms with van der Waals surface area (Å²) in [5.41, 5.74) is 5.98. The highest BCUT2D eigenvalue weighted by Gasteiger charge is 2.24. The first-order valence-corrected chi connectivity index (χ1v) is 4.53. The van der Waals surface area contributed by atoms with Crippen LogP contribution in [0.25, 0.3) is 0 Å². The second-order valence-electron chi connectivity index (χ2n) is 4.51. The van der Waals surface area contributed by atoms with Gasteiger partial charge in [0.2, 0.25) is 0 Å². The van der Waals surface area contributed by atoms with Crippen molar-refractivity contribution >= 4 is 0 Å². The second-order valence-corrected chi connectivity index (χ2v) is 4.51. The van der Waals surface area contributed by atoms with Crippen molar-refractivity contribution in [2.24, 2.45) is 11.1 Å². The summed E-state index contributed by atoms with van der Waals surface area (Å²) in [6, 6.07) is 3.06. The Morgan fingerprint density at radius 1 is 1.21 bits per heavy atom. The van der Waals surface area contributed by atoms with Gasteiger partial charge in [-0.3, -0.25) is 0 Å². The molecule has 0 aliphatic rings. The van der Waals surface area contributed by atoms with Crippen molar-refractivity contribution in [3.8, 4) is 0 Å². The lowest BCUT2D eigenvalue weighted by molar-refractivity contribution is 0.318. The molecule has 0 saturated carbocycles. The molecule has 0 fully saturated rings. The first-order valence-electron chi connectivity index (χ1n) is 4.53. The minimum absolute atomic E-state index is 0.237. The van der Waals surface area contributed by atoms with Crippen molar-refractivity contribution in [2.45, 2.75) is 26.8 Å². The van der Waals surface area contributed by atoms with E-state index in [1.165, 1.54) is 12.1 Å². The highest BCUT2D eigenvalue weighted by molar-refractivity contribution is 5.23. The zero-order valence-corrected chi connectivity index (χ0v) is 8.64. The van der Waals surface area contributed by atoms with Gasteiger partial charge in [-0.25, -0.2) is 8.78 Å². The van der Waals surface area contributed by atoms with Crippen LogP contribution in [0.15, 0.2) is 18.2 Å². The molecule has 1 unspecified atom stereocenters. The van der Waals surface area contributed by atoms with Crippen LogP contribution < -0.4 is 5.73 Å². The van der Waals surface area contributed by atoms with Gasteiger partial charge < -0.3 is 5.73 Å². The van der Waals surface area contributed by atoms with Crippen LogP contribution in [-0.4, -0.2) is 0 Å². The maximum absolute atomic E-state index is 13.3. The van der Waals surface area contributed by atoms with Gasteiger partial charge in [0.25, 0.3) is 0 Å². The van der Waals surface area contributed by atoms with Crippen LogP contribution in [0.1, 0.15) is 32.4 Å². The quantitative estimate of drug-likeness (QED) is 0.739. The molecule has 0 spiro atoms. The largest absolute Gasteiger partial charge is 0.323 e. The molecule has 0 saturated heterocycles. The van der Waals surface area contributed by atoms with E-state index in [0.29, 0.717) is 5.56 Å². The topological polar surface area (TPSA) is 26.0 Å². The zero-order valence-electron chi connectivity index (χ0n) is 8.64. The maximum Gasteiger partial charge on any atom is 0.130 e. The smallest absolute Gasteiger partial charge is 0.130 e. The fourth-order valence-corrected chi connectivity index (χ4v) is 1.22. The molecule has 1 rings (SSSR count). The molecule has 2 N–H and O–H groups in total. The number of rotatable bonds is 1. The predicted molar refractivity (Wildman–Crippen MR) is 52.7 cm³/mol. The normalized spacial score (nSPS) is 14.1. The number of benzene rings is 1. The molecule has 1 atom stereocenters. The van der Waals surface area contributed by atoms with Crippen molar-refractivity contribution in [3.05, 3.63) is 35.4 Å². The van der Waals surface area contributed by atoms with Gasteiger partial charge in [-0.05, 0) is 11.5 Å². The second kappa shape index (κ2) is 3.65. The average Bonchev–Trinajstić information content (AvgIpc) is 2.01. The van der Waals surface area contributed by atoms with Gasteiger partial charge in [0.05, 0.1) is 0 Å². The summed E-state index contributed by atoms with van der Waals surface area (Å²) in [7, 11) is 0.